The van der Waals surface area contributed by atoms with Gasteiger partial charge in [0.15, 0.2) is 0 Å². The quantitative estimate of drug-likeness (QED) is 0.528. The zero-order valence-electron chi connectivity index (χ0n) is 15.9. The summed E-state index contributed by atoms with van der Waals surface area (Å²) in [6.45, 7) is 17.6. The highest BCUT2D eigenvalue weighted by molar-refractivity contribution is 6.30. The minimum atomic E-state index is 0.429. The summed E-state index contributed by atoms with van der Waals surface area (Å²) in [6.07, 6.45) is 7.18. The van der Waals surface area contributed by atoms with Crippen molar-refractivity contribution in [3.05, 3.63) is 79.9 Å². The van der Waals surface area contributed by atoms with Crippen LogP contribution in [0.15, 0.2) is 74.9 Å². The summed E-state index contributed by atoms with van der Waals surface area (Å²) >= 11 is 5.97. The van der Waals surface area contributed by atoms with E-state index in [0.717, 1.165) is 5.69 Å². The Labute approximate surface area is 171 Å². The van der Waals surface area contributed by atoms with E-state index in [4.69, 9.17) is 11.6 Å². The molecule has 0 atom stereocenters. The van der Waals surface area contributed by atoms with Crippen molar-refractivity contribution in [2.45, 2.75) is 0 Å². The number of nitrogens with zero attached hydrogens (tertiary/aromatic N) is 5. The van der Waals surface area contributed by atoms with Crippen LogP contribution in [0.3, 0.4) is 0 Å². The molecule has 0 saturated heterocycles. The highest BCUT2D eigenvalue weighted by atomic mass is 35.5. The van der Waals surface area contributed by atoms with Crippen LogP contribution in [0.4, 0.5) is 23.5 Å². The van der Waals surface area contributed by atoms with Crippen molar-refractivity contribution in [1.82, 2.24) is 15.0 Å². The third-order valence-electron chi connectivity index (χ3n) is 3.68. The molecule has 0 aliphatic rings. The second kappa shape index (κ2) is 10.9. The molecule has 0 bridgehead atoms. The number of benzene rings is 1. The smallest absolute Gasteiger partial charge is 0.233 e. The molecule has 6 nitrogen and oxygen atoms in total. The van der Waals surface area contributed by atoms with Gasteiger partial charge in [0.05, 0.1) is 0 Å². The van der Waals surface area contributed by atoms with Gasteiger partial charge >= 0.3 is 0 Å². The molecular formula is C21H25ClN6. The van der Waals surface area contributed by atoms with Crippen LogP contribution in [0.1, 0.15) is 0 Å². The lowest BCUT2D eigenvalue weighted by molar-refractivity contribution is 0.834. The minimum absolute atomic E-state index is 0.429. The number of anilines is 4. The Morgan fingerprint density at radius 1 is 0.750 bits per heavy atom. The van der Waals surface area contributed by atoms with Crippen molar-refractivity contribution in [2.75, 3.05) is 41.3 Å². The summed E-state index contributed by atoms with van der Waals surface area (Å²) in [5.74, 6) is 1.48. The third kappa shape index (κ3) is 5.96. The van der Waals surface area contributed by atoms with E-state index in [1.165, 1.54) is 0 Å². The van der Waals surface area contributed by atoms with Crippen molar-refractivity contribution < 1.29 is 0 Å². The Bertz CT molecular complexity index is 756. The molecule has 2 aromatic rings. The van der Waals surface area contributed by atoms with Crippen molar-refractivity contribution in [2.24, 2.45) is 0 Å². The highest BCUT2D eigenvalue weighted by Gasteiger charge is 2.15. The number of hydrogen-bond acceptors (Lipinski definition) is 6. The van der Waals surface area contributed by atoms with Gasteiger partial charge < -0.3 is 15.1 Å². The molecule has 2 rings (SSSR count). The van der Waals surface area contributed by atoms with E-state index in [2.05, 4.69) is 46.6 Å². The molecule has 0 radical (unpaired) electrons. The molecule has 146 valence electrons. The number of hydrogen-bond donors (Lipinski definition) is 1. The molecule has 0 spiro atoms. The van der Waals surface area contributed by atoms with Crippen LogP contribution < -0.4 is 15.1 Å². The zero-order chi connectivity index (χ0) is 20.4. The average molecular weight is 397 g/mol. The highest BCUT2D eigenvalue weighted by Crippen LogP contribution is 2.21. The number of rotatable bonds is 12. The Hall–Kier alpha value is -3.12. The SMILES string of the molecule is C=CCN(CC=C)c1nc(Nc2ccc(Cl)cc2)nc(N(CC=C)CC=C)n1. The standard InChI is InChI=1S/C21H25ClN6/c1-5-13-27(14-6-2)20-24-19(23-18-11-9-17(22)10-12-18)25-21(26-20)28(15-7-3)16-8-4/h5-12H,1-4,13-16H2,(H,23,24,25,26). The predicted octanol–water partition coefficient (Wildman–Crippen LogP) is 4.63. The Morgan fingerprint density at radius 3 is 1.57 bits per heavy atom. The van der Waals surface area contributed by atoms with Gasteiger partial charge in [0.2, 0.25) is 17.8 Å². The van der Waals surface area contributed by atoms with Crippen LogP contribution in [0.25, 0.3) is 0 Å². The molecule has 1 heterocycles. The number of aromatic nitrogens is 3. The molecular weight excluding hydrogens is 372 g/mol. The first-order valence-corrected chi connectivity index (χ1v) is 9.21. The number of halogens is 1. The van der Waals surface area contributed by atoms with Crippen LogP contribution in [-0.4, -0.2) is 41.1 Å². The van der Waals surface area contributed by atoms with E-state index in [1.54, 1.807) is 36.4 Å². The fourth-order valence-electron chi connectivity index (χ4n) is 2.45. The average Bonchev–Trinajstić information content (AvgIpc) is 2.69. The summed E-state index contributed by atoms with van der Waals surface area (Å²) < 4.78 is 0. The Kier molecular flexibility index (Phi) is 8.24. The molecule has 0 aliphatic carbocycles. The molecule has 1 aromatic carbocycles. The Morgan fingerprint density at radius 2 is 1.18 bits per heavy atom. The first-order chi connectivity index (χ1) is 13.6. The summed E-state index contributed by atoms with van der Waals surface area (Å²) in [7, 11) is 0. The third-order valence-corrected chi connectivity index (χ3v) is 3.93. The summed E-state index contributed by atoms with van der Waals surface area (Å²) in [5.41, 5.74) is 0.825. The van der Waals surface area contributed by atoms with Gasteiger partial charge in [-0.05, 0) is 24.3 Å². The van der Waals surface area contributed by atoms with Gasteiger partial charge in [-0.15, -0.1) is 26.3 Å². The maximum Gasteiger partial charge on any atom is 0.233 e. The molecule has 0 saturated carbocycles. The topological polar surface area (TPSA) is 57.2 Å². The van der Waals surface area contributed by atoms with Gasteiger partial charge in [0.25, 0.3) is 0 Å². The molecule has 28 heavy (non-hydrogen) atoms. The largest absolute Gasteiger partial charge is 0.333 e. The van der Waals surface area contributed by atoms with E-state index >= 15 is 0 Å². The molecule has 1 N–H and O–H groups in total. The summed E-state index contributed by atoms with van der Waals surface area (Å²) in [6, 6.07) is 7.33. The molecule has 0 aliphatic heterocycles. The zero-order valence-corrected chi connectivity index (χ0v) is 16.6. The van der Waals surface area contributed by atoms with Crippen LogP contribution in [-0.2, 0) is 0 Å². The maximum absolute atomic E-state index is 5.97. The lowest BCUT2D eigenvalue weighted by Gasteiger charge is -2.24. The van der Waals surface area contributed by atoms with Crippen LogP contribution in [0.5, 0.6) is 0 Å². The van der Waals surface area contributed by atoms with Gasteiger partial charge in [0.1, 0.15) is 0 Å². The van der Waals surface area contributed by atoms with Crippen LogP contribution >= 0.6 is 11.6 Å². The molecule has 0 fully saturated rings. The normalized spacial score (nSPS) is 10.0. The van der Waals surface area contributed by atoms with Crippen molar-refractivity contribution in [3.63, 3.8) is 0 Å². The fourth-order valence-corrected chi connectivity index (χ4v) is 2.58. The van der Waals surface area contributed by atoms with Gasteiger partial charge in [0, 0.05) is 36.9 Å². The van der Waals surface area contributed by atoms with E-state index in [9.17, 15) is 0 Å². The Balaban J connectivity index is 2.47. The van der Waals surface area contributed by atoms with E-state index in [-0.39, 0.29) is 0 Å². The molecule has 0 unspecified atom stereocenters. The van der Waals surface area contributed by atoms with E-state index in [0.29, 0.717) is 49.0 Å². The van der Waals surface area contributed by atoms with Gasteiger partial charge in [-0.1, -0.05) is 35.9 Å². The van der Waals surface area contributed by atoms with Crippen molar-refractivity contribution >= 4 is 35.1 Å². The maximum atomic E-state index is 5.97. The van der Waals surface area contributed by atoms with Crippen molar-refractivity contribution in [1.29, 1.82) is 0 Å². The van der Waals surface area contributed by atoms with Crippen LogP contribution in [0, 0.1) is 0 Å². The summed E-state index contributed by atoms with van der Waals surface area (Å²) in [4.78, 5) is 17.7. The molecule has 7 heteroatoms. The molecule has 0 amide bonds. The minimum Gasteiger partial charge on any atom is -0.333 e. The van der Waals surface area contributed by atoms with Crippen LogP contribution in [0.2, 0.25) is 5.02 Å². The monoisotopic (exact) mass is 396 g/mol. The van der Waals surface area contributed by atoms with Crippen molar-refractivity contribution in [3.8, 4) is 0 Å². The van der Waals surface area contributed by atoms with Gasteiger partial charge in [-0.2, -0.15) is 15.0 Å². The van der Waals surface area contributed by atoms with E-state index < -0.39 is 0 Å². The lowest BCUT2D eigenvalue weighted by atomic mass is 10.3. The fraction of sp³-hybridized carbons (Fsp3) is 0.190. The predicted molar refractivity (Wildman–Crippen MR) is 120 cm³/mol. The second-order valence-electron chi connectivity index (χ2n) is 5.86. The van der Waals surface area contributed by atoms with E-state index in [1.807, 2.05) is 21.9 Å². The first-order valence-electron chi connectivity index (χ1n) is 8.83. The number of nitrogens with one attached hydrogen (secondary N) is 1. The first kappa shape index (κ1) is 21.2. The molecule has 1 aromatic heterocycles. The van der Waals surface area contributed by atoms with Gasteiger partial charge in [-0.3, -0.25) is 0 Å². The summed E-state index contributed by atoms with van der Waals surface area (Å²) in [5, 5.41) is 3.87. The lowest BCUT2D eigenvalue weighted by Crippen LogP contribution is -2.30. The van der Waals surface area contributed by atoms with Gasteiger partial charge in [-0.25, -0.2) is 0 Å². The second-order valence-corrected chi connectivity index (χ2v) is 6.29.